The first-order chi connectivity index (χ1) is 5.38. The smallest absolute Gasteiger partial charge is 0.212 e. The largest absolute Gasteiger partial charge is 0.237 e. The molecular formula is C6H6BrClO2S2. The summed E-state index contributed by atoms with van der Waals surface area (Å²) in [6.07, 6.45) is 0. The molecule has 0 aliphatic heterocycles. The van der Waals surface area contributed by atoms with E-state index in [4.69, 9.17) is 10.7 Å². The van der Waals surface area contributed by atoms with Crippen LogP contribution in [0, 0.1) is 6.92 Å². The maximum Gasteiger partial charge on any atom is 0.237 e. The second-order valence-electron chi connectivity index (χ2n) is 2.35. The third-order valence-corrected chi connectivity index (χ3v) is 4.53. The van der Waals surface area contributed by atoms with E-state index in [9.17, 15) is 8.42 Å². The van der Waals surface area contributed by atoms with E-state index in [1.165, 1.54) is 11.3 Å². The lowest BCUT2D eigenvalue weighted by Crippen LogP contribution is -1.91. The first-order valence-electron chi connectivity index (χ1n) is 3.05. The molecule has 1 aromatic heterocycles. The molecule has 2 nitrogen and oxygen atoms in total. The van der Waals surface area contributed by atoms with Crippen LogP contribution in [0.3, 0.4) is 0 Å². The molecule has 0 saturated heterocycles. The predicted octanol–water partition coefficient (Wildman–Crippen LogP) is 2.89. The molecule has 1 heterocycles. The third kappa shape index (κ3) is 3.05. The first kappa shape index (κ1) is 10.5. The van der Waals surface area contributed by atoms with Gasteiger partial charge < -0.3 is 0 Å². The Hall–Kier alpha value is 0.420. The zero-order chi connectivity index (χ0) is 9.35. The number of aryl methyl sites for hydroxylation is 1. The van der Waals surface area contributed by atoms with Crippen LogP contribution in [-0.4, -0.2) is 8.42 Å². The molecule has 1 rings (SSSR count). The summed E-state index contributed by atoms with van der Waals surface area (Å²) < 4.78 is 22.3. The summed E-state index contributed by atoms with van der Waals surface area (Å²) in [6.45, 7) is 1.91. The average Bonchev–Trinajstić information content (AvgIpc) is 2.07. The van der Waals surface area contributed by atoms with Crippen LogP contribution in [-0.2, 0) is 14.8 Å². The zero-order valence-electron chi connectivity index (χ0n) is 6.17. The highest BCUT2D eigenvalue weighted by Crippen LogP contribution is 2.28. The summed E-state index contributed by atoms with van der Waals surface area (Å²) in [7, 11) is 1.67. The van der Waals surface area contributed by atoms with Crippen LogP contribution in [0.2, 0.25) is 0 Å². The molecule has 0 fully saturated rings. The molecule has 0 aliphatic carbocycles. The molecule has 0 N–H and O–H groups in total. The fourth-order valence-corrected chi connectivity index (χ4v) is 3.86. The van der Waals surface area contributed by atoms with Gasteiger partial charge in [0.05, 0.1) is 9.54 Å². The van der Waals surface area contributed by atoms with Gasteiger partial charge in [-0.3, -0.25) is 0 Å². The topological polar surface area (TPSA) is 34.1 Å². The van der Waals surface area contributed by atoms with Crippen LogP contribution in [0.15, 0.2) is 9.85 Å². The third-order valence-electron chi connectivity index (χ3n) is 1.22. The molecule has 68 valence electrons. The van der Waals surface area contributed by atoms with Crippen molar-refractivity contribution in [2.75, 3.05) is 0 Å². The Morgan fingerprint density at radius 3 is 2.58 bits per heavy atom. The predicted molar refractivity (Wildman–Crippen MR) is 55.2 cm³/mol. The van der Waals surface area contributed by atoms with Crippen LogP contribution in [0.5, 0.6) is 0 Å². The highest BCUT2D eigenvalue weighted by Gasteiger charge is 2.10. The van der Waals surface area contributed by atoms with E-state index in [0.717, 1.165) is 14.2 Å². The molecule has 0 atom stereocenters. The van der Waals surface area contributed by atoms with Crippen molar-refractivity contribution in [3.05, 3.63) is 20.3 Å². The van der Waals surface area contributed by atoms with Crippen molar-refractivity contribution >= 4 is 47.0 Å². The van der Waals surface area contributed by atoms with E-state index in [0.29, 0.717) is 0 Å². The summed E-state index contributed by atoms with van der Waals surface area (Å²) in [5.74, 6) is -0.0916. The Kier molecular flexibility index (Phi) is 3.20. The normalized spacial score (nSPS) is 11.9. The highest BCUT2D eigenvalue weighted by molar-refractivity contribution is 9.11. The summed E-state index contributed by atoms with van der Waals surface area (Å²) in [5.41, 5.74) is 1.04. The van der Waals surface area contributed by atoms with E-state index in [1.807, 2.05) is 13.0 Å². The van der Waals surface area contributed by atoms with Crippen molar-refractivity contribution in [3.8, 4) is 0 Å². The van der Waals surface area contributed by atoms with Crippen LogP contribution < -0.4 is 0 Å². The van der Waals surface area contributed by atoms with Crippen LogP contribution >= 0.6 is 37.9 Å². The molecule has 1 aromatic rings. The molecule has 0 radical (unpaired) electrons. The van der Waals surface area contributed by atoms with E-state index in [-0.39, 0.29) is 5.75 Å². The minimum atomic E-state index is -3.42. The standard InChI is InChI=1S/C6H6BrClO2S2/c1-4-2-5(11-6(4)7)3-12(8,9)10/h2H,3H2,1H3. The van der Waals surface area contributed by atoms with Gasteiger partial charge in [0, 0.05) is 15.6 Å². The molecule has 0 aliphatic rings. The van der Waals surface area contributed by atoms with Crippen molar-refractivity contribution in [2.45, 2.75) is 12.7 Å². The van der Waals surface area contributed by atoms with Gasteiger partial charge in [-0.25, -0.2) is 8.42 Å². The lowest BCUT2D eigenvalue weighted by molar-refractivity contribution is 0.609. The van der Waals surface area contributed by atoms with Crippen molar-refractivity contribution in [2.24, 2.45) is 0 Å². The molecular weight excluding hydrogens is 284 g/mol. The Morgan fingerprint density at radius 2 is 2.25 bits per heavy atom. The van der Waals surface area contributed by atoms with Crippen molar-refractivity contribution in [3.63, 3.8) is 0 Å². The Morgan fingerprint density at radius 1 is 1.67 bits per heavy atom. The summed E-state index contributed by atoms with van der Waals surface area (Å²) in [5, 5.41) is 0. The quantitative estimate of drug-likeness (QED) is 0.785. The van der Waals surface area contributed by atoms with Crippen LogP contribution in [0.1, 0.15) is 10.4 Å². The van der Waals surface area contributed by atoms with Gasteiger partial charge >= 0.3 is 0 Å². The van der Waals surface area contributed by atoms with Gasteiger partial charge in [0.25, 0.3) is 0 Å². The van der Waals surface area contributed by atoms with Gasteiger partial charge in [-0.2, -0.15) is 0 Å². The fraction of sp³-hybridized carbons (Fsp3) is 0.333. The molecule has 0 bridgehead atoms. The number of rotatable bonds is 2. The van der Waals surface area contributed by atoms with Crippen molar-refractivity contribution < 1.29 is 8.42 Å². The minimum absolute atomic E-state index is 0.0916. The monoisotopic (exact) mass is 288 g/mol. The summed E-state index contributed by atoms with van der Waals surface area (Å²) in [4.78, 5) is 0.759. The molecule has 0 saturated carbocycles. The highest BCUT2D eigenvalue weighted by atomic mass is 79.9. The zero-order valence-corrected chi connectivity index (χ0v) is 10.1. The van der Waals surface area contributed by atoms with E-state index in [1.54, 1.807) is 0 Å². The lowest BCUT2D eigenvalue weighted by Gasteiger charge is -1.88. The second kappa shape index (κ2) is 3.65. The molecule has 0 unspecified atom stereocenters. The molecule has 0 spiro atoms. The van der Waals surface area contributed by atoms with Gasteiger partial charge in [0.15, 0.2) is 0 Å². The molecule has 0 amide bonds. The second-order valence-corrected chi connectivity index (χ2v) is 7.58. The average molecular weight is 290 g/mol. The molecule has 12 heavy (non-hydrogen) atoms. The van der Waals surface area contributed by atoms with Crippen molar-refractivity contribution in [1.82, 2.24) is 0 Å². The van der Waals surface area contributed by atoms with Gasteiger partial charge in [-0.05, 0) is 34.5 Å². The minimum Gasteiger partial charge on any atom is -0.212 e. The number of hydrogen-bond donors (Lipinski definition) is 0. The van der Waals surface area contributed by atoms with Gasteiger partial charge in [0.2, 0.25) is 9.05 Å². The van der Waals surface area contributed by atoms with Gasteiger partial charge in [-0.1, -0.05) is 0 Å². The molecule has 6 heteroatoms. The van der Waals surface area contributed by atoms with Crippen LogP contribution in [0.4, 0.5) is 0 Å². The Labute approximate surface area is 88.1 Å². The SMILES string of the molecule is Cc1cc(CS(=O)(=O)Cl)sc1Br. The van der Waals surface area contributed by atoms with E-state index >= 15 is 0 Å². The lowest BCUT2D eigenvalue weighted by atomic mass is 10.4. The van der Waals surface area contributed by atoms with E-state index in [2.05, 4.69) is 15.9 Å². The summed E-state index contributed by atoms with van der Waals surface area (Å²) in [6, 6.07) is 1.81. The number of hydrogen-bond acceptors (Lipinski definition) is 3. The summed E-state index contributed by atoms with van der Waals surface area (Å²) >= 11 is 4.70. The first-order valence-corrected chi connectivity index (χ1v) is 7.14. The maximum atomic E-state index is 10.7. The Balaban J connectivity index is 2.92. The van der Waals surface area contributed by atoms with E-state index < -0.39 is 9.05 Å². The van der Waals surface area contributed by atoms with Crippen molar-refractivity contribution in [1.29, 1.82) is 0 Å². The van der Waals surface area contributed by atoms with Gasteiger partial charge in [0.1, 0.15) is 0 Å². The van der Waals surface area contributed by atoms with Crippen LogP contribution in [0.25, 0.3) is 0 Å². The molecule has 0 aromatic carbocycles. The number of thiophene rings is 1. The fourth-order valence-electron chi connectivity index (χ4n) is 0.764. The maximum absolute atomic E-state index is 10.7. The Bertz CT molecular complexity index is 363. The number of halogens is 2. The van der Waals surface area contributed by atoms with Gasteiger partial charge in [-0.15, -0.1) is 11.3 Å².